The molecular formula is C16H13N5OS. The van der Waals surface area contributed by atoms with Crippen LogP contribution in [0.5, 0.6) is 0 Å². The maximum atomic E-state index is 11.4. The number of benzene rings is 1. The average molecular weight is 323 g/mol. The first-order chi connectivity index (χ1) is 11.2. The summed E-state index contributed by atoms with van der Waals surface area (Å²) >= 11 is 1.23. The van der Waals surface area contributed by atoms with Crippen LogP contribution in [-0.2, 0) is 0 Å². The second-order valence-corrected chi connectivity index (χ2v) is 6.27. The molecule has 0 aliphatic carbocycles. The fourth-order valence-electron chi connectivity index (χ4n) is 2.51. The highest BCUT2D eigenvalue weighted by Crippen LogP contribution is 2.26. The van der Waals surface area contributed by atoms with Crippen LogP contribution in [0.25, 0.3) is 16.0 Å². The zero-order valence-electron chi connectivity index (χ0n) is 12.3. The summed E-state index contributed by atoms with van der Waals surface area (Å²) in [5, 5.41) is 12.5. The van der Waals surface area contributed by atoms with Crippen LogP contribution in [0.15, 0.2) is 53.6 Å². The van der Waals surface area contributed by atoms with Crippen LogP contribution in [0.1, 0.15) is 24.1 Å². The summed E-state index contributed by atoms with van der Waals surface area (Å²) < 4.78 is 2.68. The average Bonchev–Trinajstić information content (AvgIpc) is 3.20. The van der Waals surface area contributed by atoms with Gasteiger partial charge in [0, 0.05) is 18.3 Å². The molecule has 0 saturated heterocycles. The minimum Gasteiger partial charge on any atom is -0.312 e. The molecule has 0 spiro atoms. The van der Waals surface area contributed by atoms with Crippen molar-refractivity contribution in [1.82, 2.24) is 25.0 Å². The second-order valence-electron chi connectivity index (χ2n) is 5.26. The maximum absolute atomic E-state index is 11.4. The number of nitrogens with one attached hydrogen (secondary N) is 1. The number of nitrogens with zero attached hydrogens (tertiary/aromatic N) is 4. The molecule has 1 N–H and O–H groups in total. The summed E-state index contributed by atoms with van der Waals surface area (Å²) in [6.07, 6.45) is 3.51. The van der Waals surface area contributed by atoms with Crippen molar-refractivity contribution < 1.29 is 0 Å². The van der Waals surface area contributed by atoms with E-state index < -0.39 is 0 Å². The normalized spacial score (nSPS) is 12.6. The van der Waals surface area contributed by atoms with Crippen molar-refractivity contribution in [2.45, 2.75) is 12.8 Å². The van der Waals surface area contributed by atoms with Crippen LogP contribution in [0.4, 0.5) is 0 Å². The fraction of sp³-hybridized carbons (Fsp3) is 0.125. The molecule has 4 aromatic rings. The van der Waals surface area contributed by atoms with Crippen molar-refractivity contribution in [2.24, 2.45) is 0 Å². The Morgan fingerprint density at radius 1 is 1.26 bits per heavy atom. The Bertz CT molecular complexity index is 1020. The molecular weight excluding hydrogens is 310 g/mol. The standard InChI is InChI=1S/C16H13N5OS/c1-10(11-4-5-13-14(9-11)23-16(22)18-13)12-6-8-21(20-12)15-3-2-7-17-19-15/h2-10H,1H3,(H,18,22). The van der Waals surface area contributed by atoms with E-state index in [-0.39, 0.29) is 10.8 Å². The van der Waals surface area contributed by atoms with Crippen molar-refractivity contribution in [3.05, 3.63) is 69.7 Å². The molecule has 0 radical (unpaired) electrons. The summed E-state index contributed by atoms with van der Waals surface area (Å²) in [5.41, 5.74) is 2.94. The summed E-state index contributed by atoms with van der Waals surface area (Å²) in [7, 11) is 0. The Labute approximate surface area is 135 Å². The molecule has 1 aromatic carbocycles. The zero-order chi connectivity index (χ0) is 15.8. The lowest BCUT2D eigenvalue weighted by atomic mass is 9.98. The minimum absolute atomic E-state index is 0.0308. The molecule has 1 atom stereocenters. The van der Waals surface area contributed by atoms with Crippen LogP contribution < -0.4 is 4.87 Å². The van der Waals surface area contributed by atoms with E-state index in [0.29, 0.717) is 5.82 Å². The number of hydrogen-bond acceptors (Lipinski definition) is 5. The monoisotopic (exact) mass is 323 g/mol. The van der Waals surface area contributed by atoms with Gasteiger partial charge in [-0.25, -0.2) is 4.68 Å². The van der Waals surface area contributed by atoms with Crippen molar-refractivity contribution in [1.29, 1.82) is 0 Å². The number of thiazole rings is 1. The largest absolute Gasteiger partial charge is 0.312 e. The van der Waals surface area contributed by atoms with Gasteiger partial charge in [-0.2, -0.15) is 10.2 Å². The van der Waals surface area contributed by atoms with Crippen molar-refractivity contribution >= 4 is 21.6 Å². The summed E-state index contributed by atoms with van der Waals surface area (Å²) in [6, 6.07) is 11.7. The molecule has 6 nitrogen and oxygen atoms in total. The molecule has 0 aliphatic rings. The van der Waals surface area contributed by atoms with Gasteiger partial charge in [0.1, 0.15) is 0 Å². The van der Waals surface area contributed by atoms with Crippen LogP contribution in [0.2, 0.25) is 0 Å². The minimum atomic E-state index is -0.0308. The third-order valence-corrected chi connectivity index (χ3v) is 4.64. The molecule has 7 heteroatoms. The highest BCUT2D eigenvalue weighted by molar-refractivity contribution is 7.16. The summed E-state index contributed by atoms with van der Waals surface area (Å²) in [6.45, 7) is 2.10. The van der Waals surface area contributed by atoms with Gasteiger partial charge in [0.05, 0.1) is 15.9 Å². The maximum Gasteiger partial charge on any atom is 0.305 e. The predicted octanol–water partition coefficient (Wildman–Crippen LogP) is 2.72. The van der Waals surface area contributed by atoms with E-state index in [4.69, 9.17) is 0 Å². The number of aromatic nitrogens is 5. The van der Waals surface area contributed by atoms with Gasteiger partial charge >= 0.3 is 4.87 Å². The van der Waals surface area contributed by atoms with Gasteiger partial charge < -0.3 is 4.98 Å². The molecule has 0 fully saturated rings. The molecule has 0 bridgehead atoms. The molecule has 114 valence electrons. The number of rotatable bonds is 3. The first-order valence-corrected chi connectivity index (χ1v) is 7.99. The molecule has 0 aliphatic heterocycles. The highest BCUT2D eigenvalue weighted by atomic mass is 32.1. The molecule has 3 heterocycles. The molecule has 23 heavy (non-hydrogen) atoms. The molecule has 4 rings (SSSR count). The SMILES string of the molecule is CC(c1ccc2[nH]c(=O)sc2c1)c1ccn(-c2cccnn2)n1. The van der Waals surface area contributed by atoms with Gasteiger partial charge in [0.15, 0.2) is 5.82 Å². The van der Waals surface area contributed by atoms with Gasteiger partial charge in [-0.15, -0.1) is 5.10 Å². The third-order valence-electron chi connectivity index (χ3n) is 3.79. The highest BCUT2D eigenvalue weighted by Gasteiger charge is 2.14. The molecule has 0 saturated carbocycles. The summed E-state index contributed by atoms with van der Waals surface area (Å²) in [4.78, 5) is 14.2. The predicted molar refractivity (Wildman–Crippen MR) is 89.1 cm³/mol. The van der Waals surface area contributed by atoms with E-state index in [1.807, 2.05) is 42.6 Å². The molecule has 0 amide bonds. The van der Waals surface area contributed by atoms with E-state index in [1.165, 1.54) is 11.3 Å². The van der Waals surface area contributed by atoms with Crippen molar-refractivity contribution in [2.75, 3.05) is 0 Å². The van der Waals surface area contributed by atoms with Crippen LogP contribution in [0.3, 0.4) is 0 Å². The van der Waals surface area contributed by atoms with Crippen LogP contribution >= 0.6 is 11.3 Å². The lowest BCUT2D eigenvalue weighted by Crippen LogP contribution is -2.02. The van der Waals surface area contributed by atoms with E-state index in [0.717, 1.165) is 21.5 Å². The number of fused-ring (bicyclic) bond motifs is 1. The van der Waals surface area contributed by atoms with Crippen LogP contribution in [0, 0.1) is 0 Å². The van der Waals surface area contributed by atoms with Crippen molar-refractivity contribution in [3.63, 3.8) is 0 Å². The van der Waals surface area contributed by atoms with Crippen LogP contribution in [-0.4, -0.2) is 25.0 Å². The summed E-state index contributed by atoms with van der Waals surface area (Å²) in [5.74, 6) is 0.805. The Hall–Kier alpha value is -2.80. The van der Waals surface area contributed by atoms with Gasteiger partial charge in [-0.3, -0.25) is 4.79 Å². The first kappa shape index (κ1) is 13.8. The van der Waals surface area contributed by atoms with Crippen molar-refractivity contribution in [3.8, 4) is 5.82 Å². The number of hydrogen-bond donors (Lipinski definition) is 1. The van der Waals surface area contributed by atoms with Gasteiger partial charge in [-0.05, 0) is 35.9 Å². The van der Waals surface area contributed by atoms with Gasteiger partial charge in [0.25, 0.3) is 0 Å². The molecule has 1 unspecified atom stereocenters. The Morgan fingerprint density at radius 2 is 2.17 bits per heavy atom. The molecule has 3 aromatic heterocycles. The van der Waals surface area contributed by atoms with E-state index >= 15 is 0 Å². The zero-order valence-corrected chi connectivity index (χ0v) is 13.1. The van der Waals surface area contributed by atoms with Gasteiger partial charge in [0.2, 0.25) is 0 Å². The Kier molecular flexibility index (Phi) is 3.27. The second kappa shape index (κ2) is 5.44. The number of H-pyrrole nitrogens is 1. The topological polar surface area (TPSA) is 76.5 Å². The first-order valence-electron chi connectivity index (χ1n) is 7.17. The lowest BCUT2D eigenvalue weighted by Gasteiger charge is -2.09. The lowest BCUT2D eigenvalue weighted by molar-refractivity contribution is 0.765. The third kappa shape index (κ3) is 2.55. The number of aromatic amines is 1. The van der Waals surface area contributed by atoms with Gasteiger partial charge in [-0.1, -0.05) is 24.3 Å². The fourth-order valence-corrected chi connectivity index (χ4v) is 3.30. The van der Waals surface area contributed by atoms with E-state index in [1.54, 1.807) is 10.9 Å². The quantitative estimate of drug-likeness (QED) is 0.629. The van der Waals surface area contributed by atoms with E-state index in [9.17, 15) is 4.79 Å². The smallest absolute Gasteiger partial charge is 0.305 e. The van der Waals surface area contributed by atoms with E-state index in [2.05, 4.69) is 27.2 Å². The Balaban J connectivity index is 1.69. The Morgan fingerprint density at radius 3 is 3.00 bits per heavy atom.